The normalized spacial score (nSPS) is 25.2. The second-order valence-corrected chi connectivity index (χ2v) is 6.01. The largest absolute Gasteiger partial charge is 0.381 e. The molecule has 1 aromatic carbocycles. The molecular formula is C16H15F2N3O2. The Hall–Kier alpha value is -2.28. The SMILES string of the molecule is O=C(NCC1C2COCC12)c1cnn(-c2ccc(F)cc2F)c1. The third kappa shape index (κ3) is 2.61. The van der Waals surface area contributed by atoms with Crippen molar-refractivity contribution in [2.45, 2.75) is 0 Å². The Morgan fingerprint density at radius 1 is 1.35 bits per heavy atom. The predicted octanol–water partition coefficient (Wildman–Crippen LogP) is 1.77. The summed E-state index contributed by atoms with van der Waals surface area (Å²) in [6, 6.07) is 3.21. The van der Waals surface area contributed by atoms with Gasteiger partial charge in [0.2, 0.25) is 0 Å². The first-order chi connectivity index (χ1) is 11.1. The number of carbonyl (C=O) groups excluding carboxylic acids is 1. The Morgan fingerprint density at radius 2 is 2.13 bits per heavy atom. The molecule has 120 valence electrons. The average Bonchev–Trinajstić information content (AvgIpc) is 2.94. The van der Waals surface area contributed by atoms with Gasteiger partial charge in [0.15, 0.2) is 5.82 Å². The molecule has 1 N–H and O–H groups in total. The molecule has 2 heterocycles. The van der Waals surface area contributed by atoms with E-state index in [-0.39, 0.29) is 11.6 Å². The van der Waals surface area contributed by atoms with E-state index in [1.165, 1.54) is 23.1 Å². The van der Waals surface area contributed by atoms with Gasteiger partial charge in [0, 0.05) is 18.8 Å². The van der Waals surface area contributed by atoms with Crippen LogP contribution < -0.4 is 5.32 Å². The summed E-state index contributed by atoms with van der Waals surface area (Å²) < 4.78 is 33.2. The molecule has 23 heavy (non-hydrogen) atoms. The number of halogens is 2. The van der Waals surface area contributed by atoms with Crippen molar-refractivity contribution in [1.29, 1.82) is 0 Å². The Kier molecular flexibility index (Phi) is 3.37. The number of amides is 1. The summed E-state index contributed by atoms with van der Waals surface area (Å²) in [6.45, 7) is 2.19. The van der Waals surface area contributed by atoms with Gasteiger partial charge in [-0.3, -0.25) is 4.79 Å². The zero-order chi connectivity index (χ0) is 16.0. The van der Waals surface area contributed by atoms with Crippen molar-refractivity contribution in [2.24, 2.45) is 17.8 Å². The van der Waals surface area contributed by atoms with Crippen LogP contribution in [0.3, 0.4) is 0 Å². The maximum Gasteiger partial charge on any atom is 0.254 e. The Balaban J connectivity index is 1.42. The van der Waals surface area contributed by atoms with Gasteiger partial charge in [0.1, 0.15) is 11.5 Å². The number of hydrogen-bond donors (Lipinski definition) is 1. The Bertz CT molecular complexity index is 752. The van der Waals surface area contributed by atoms with Crippen LogP contribution in [0.25, 0.3) is 5.69 Å². The van der Waals surface area contributed by atoms with Crippen molar-refractivity contribution in [2.75, 3.05) is 19.8 Å². The van der Waals surface area contributed by atoms with Crippen LogP contribution in [0.15, 0.2) is 30.6 Å². The fourth-order valence-electron chi connectivity index (χ4n) is 3.21. The van der Waals surface area contributed by atoms with E-state index in [9.17, 15) is 13.6 Å². The van der Waals surface area contributed by atoms with Gasteiger partial charge in [-0.25, -0.2) is 13.5 Å². The summed E-state index contributed by atoms with van der Waals surface area (Å²) in [4.78, 5) is 12.1. The van der Waals surface area contributed by atoms with Crippen LogP contribution in [-0.2, 0) is 4.74 Å². The van der Waals surface area contributed by atoms with E-state index < -0.39 is 11.6 Å². The molecule has 2 aromatic rings. The molecule has 5 nitrogen and oxygen atoms in total. The van der Waals surface area contributed by atoms with Crippen LogP contribution in [0.1, 0.15) is 10.4 Å². The molecule has 1 aliphatic heterocycles. The van der Waals surface area contributed by atoms with Crippen LogP contribution in [-0.4, -0.2) is 35.4 Å². The van der Waals surface area contributed by atoms with Crippen molar-refractivity contribution in [3.63, 3.8) is 0 Å². The average molecular weight is 319 g/mol. The smallest absolute Gasteiger partial charge is 0.254 e. The molecule has 0 spiro atoms. The zero-order valence-electron chi connectivity index (χ0n) is 12.2. The molecule has 4 rings (SSSR count). The second-order valence-electron chi connectivity index (χ2n) is 6.01. The number of benzene rings is 1. The number of fused-ring (bicyclic) bond motifs is 1. The van der Waals surface area contributed by atoms with E-state index in [4.69, 9.17) is 4.74 Å². The third-order valence-electron chi connectivity index (χ3n) is 4.63. The highest BCUT2D eigenvalue weighted by Crippen LogP contribution is 2.50. The number of rotatable bonds is 4. The minimum absolute atomic E-state index is 0.0966. The van der Waals surface area contributed by atoms with Crippen molar-refractivity contribution >= 4 is 5.91 Å². The number of nitrogens with zero attached hydrogens (tertiary/aromatic N) is 2. The van der Waals surface area contributed by atoms with E-state index in [1.807, 2.05) is 0 Å². The maximum absolute atomic E-state index is 13.7. The first kappa shape index (κ1) is 14.3. The van der Waals surface area contributed by atoms with E-state index in [2.05, 4.69) is 10.4 Å². The fourth-order valence-corrected chi connectivity index (χ4v) is 3.21. The monoisotopic (exact) mass is 319 g/mol. The van der Waals surface area contributed by atoms with Crippen LogP contribution >= 0.6 is 0 Å². The van der Waals surface area contributed by atoms with Gasteiger partial charge in [-0.1, -0.05) is 0 Å². The molecule has 0 bridgehead atoms. The van der Waals surface area contributed by atoms with Gasteiger partial charge in [-0.2, -0.15) is 5.10 Å². The Labute approximate surface area is 131 Å². The molecule has 1 saturated heterocycles. The van der Waals surface area contributed by atoms with Gasteiger partial charge >= 0.3 is 0 Å². The molecule has 2 atom stereocenters. The minimum Gasteiger partial charge on any atom is -0.381 e. The Morgan fingerprint density at radius 3 is 2.87 bits per heavy atom. The molecule has 7 heteroatoms. The van der Waals surface area contributed by atoms with Crippen molar-refractivity contribution in [3.05, 3.63) is 47.8 Å². The number of nitrogens with one attached hydrogen (secondary N) is 1. The van der Waals surface area contributed by atoms with Gasteiger partial charge in [0.05, 0.1) is 25.0 Å². The van der Waals surface area contributed by atoms with Gasteiger partial charge < -0.3 is 10.1 Å². The highest BCUT2D eigenvalue weighted by molar-refractivity contribution is 5.93. The lowest BCUT2D eigenvalue weighted by Gasteiger charge is -2.05. The number of aromatic nitrogens is 2. The summed E-state index contributed by atoms with van der Waals surface area (Å²) in [5.74, 6) is 0.0146. The highest BCUT2D eigenvalue weighted by atomic mass is 19.1. The molecule has 2 aliphatic rings. The van der Waals surface area contributed by atoms with Gasteiger partial charge in [-0.15, -0.1) is 0 Å². The summed E-state index contributed by atoms with van der Waals surface area (Å²) in [5.41, 5.74) is 0.440. The standard InChI is InChI=1S/C16H15F2N3O2/c17-10-1-2-15(14(18)3-10)21-6-9(4-20-21)16(22)19-5-11-12-7-23-8-13(11)12/h1-4,6,11-13H,5,7-8H2,(H,19,22). The van der Waals surface area contributed by atoms with Crippen LogP contribution in [0, 0.1) is 29.4 Å². The van der Waals surface area contributed by atoms with Crippen molar-refractivity contribution in [1.82, 2.24) is 15.1 Å². The molecule has 2 unspecified atom stereocenters. The molecule has 0 radical (unpaired) electrons. The molecule has 1 amide bonds. The maximum atomic E-state index is 13.7. The van der Waals surface area contributed by atoms with E-state index in [0.717, 1.165) is 25.3 Å². The zero-order valence-corrected chi connectivity index (χ0v) is 12.2. The third-order valence-corrected chi connectivity index (χ3v) is 4.63. The first-order valence-corrected chi connectivity index (χ1v) is 7.49. The van der Waals surface area contributed by atoms with Crippen LogP contribution in [0.2, 0.25) is 0 Å². The van der Waals surface area contributed by atoms with Gasteiger partial charge in [0.25, 0.3) is 5.91 Å². The topological polar surface area (TPSA) is 56.1 Å². The van der Waals surface area contributed by atoms with E-state index in [0.29, 0.717) is 29.9 Å². The lowest BCUT2D eigenvalue weighted by Crippen LogP contribution is -2.26. The summed E-state index contributed by atoms with van der Waals surface area (Å²) >= 11 is 0. The lowest BCUT2D eigenvalue weighted by molar-refractivity contribution is 0.0943. The summed E-state index contributed by atoms with van der Waals surface area (Å²) in [5, 5.41) is 6.85. The number of ether oxygens (including phenoxy) is 1. The second kappa shape index (κ2) is 5.42. The lowest BCUT2D eigenvalue weighted by atomic mass is 10.2. The first-order valence-electron chi connectivity index (χ1n) is 7.49. The van der Waals surface area contributed by atoms with Crippen LogP contribution in [0.4, 0.5) is 8.78 Å². The molecule has 1 saturated carbocycles. The van der Waals surface area contributed by atoms with Crippen LogP contribution in [0.5, 0.6) is 0 Å². The molecular weight excluding hydrogens is 304 g/mol. The van der Waals surface area contributed by atoms with Gasteiger partial charge in [-0.05, 0) is 29.9 Å². The molecule has 2 fully saturated rings. The predicted molar refractivity (Wildman–Crippen MR) is 77.1 cm³/mol. The number of hydrogen-bond acceptors (Lipinski definition) is 3. The minimum atomic E-state index is -0.731. The highest BCUT2D eigenvalue weighted by Gasteiger charge is 2.53. The number of carbonyl (C=O) groups is 1. The quantitative estimate of drug-likeness (QED) is 0.934. The summed E-state index contributed by atoms with van der Waals surface area (Å²) in [7, 11) is 0. The summed E-state index contributed by atoms with van der Waals surface area (Å²) in [6.07, 6.45) is 2.80. The van der Waals surface area contributed by atoms with Crippen molar-refractivity contribution in [3.8, 4) is 5.69 Å². The van der Waals surface area contributed by atoms with E-state index in [1.54, 1.807) is 0 Å². The molecule has 1 aromatic heterocycles. The van der Waals surface area contributed by atoms with Crippen molar-refractivity contribution < 1.29 is 18.3 Å². The fraction of sp³-hybridized carbons (Fsp3) is 0.375. The molecule has 1 aliphatic carbocycles. The van der Waals surface area contributed by atoms with E-state index >= 15 is 0 Å².